The van der Waals surface area contributed by atoms with E-state index in [-0.39, 0.29) is 0 Å². The Morgan fingerprint density at radius 2 is 2.26 bits per heavy atom. The zero-order valence-electron chi connectivity index (χ0n) is 13.8. The highest BCUT2D eigenvalue weighted by molar-refractivity contribution is 7.19. The lowest BCUT2D eigenvalue weighted by Crippen LogP contribution is -2.31. The van der Waals surface area contributed by atoms with Crippen LogP contribution in [0.3, 0.4) is 0 Å². The molecule has 2 aromatic rings. The maximum atomic E-state index is 11.5. The van der Waals surface area contributed by atoms with Crippen LogP contribution in [0.25, 0.3) is 10.2 Å². The minimum Gasteiger partial charge on any atom is -0.480 e. The predicted molar refractivity (Wildman–Crippen MR) is 93.1 cm³/mol. The molecule has 0 saturated heterocycles. The number of aromatic nitrogens is 2. The molecule has 0 fully saturated rings. The lowest BCUT2D eigenvalue weighted by Gasteiger charge is -2.20. The molecule has 1 aliphatic rings. The normalized spacial score (nSPS) is 18.9. The number of hydrogen-bond acceptors (Lipinski definition) is 5. The van der Waals surface area contributed by atoms with Crippen LogP contribution in [0.15, 0.2) is 6.33 Å². The summed E-state index contributed by atoms with van der Waals surface area (Å²) in [5, 5.41) is 13.7. The predicted octanol–water partition coefficient (Wildman–Crippen LogP) is 3.73. The summed E-state index contributed by atoms with van der Waals surface area (Å²) in [7, 11) is 0. The summed E-state index contributed by atoms with van der Waals surface area (Å²) in [5.74, 6) is 0.851. The largest absolute Gasteiger partial charge is 0.480 e. The fourth-order valence-corrected chi connectivity index (χ4v) is 4.59. The number of hydrogen-bond donors (Lipinski definition) is 2. The van der Waals surface area contributed by atoms with E-state index in [1.807, 2.05) is 13.8 Å². The first kappa shape index (κ1) is 16.2. The highest BCUT2D eigenvalue weighted by atomic mass is 32.1. The van der Waals surface area contributed by atoms with E-state index in [4.69, 9.17) is 0 Å². The zero-order chi connectivity index (χ0) is 16.6. The van der Waals surface area contributed by atoms with Crippen molar-refractivity contribution in [1.82, 2.24) is 9.97 Å². The molecule has 0 radical (unpaired) electrons. The van der Waals surface area contributed by atoms with E-state index in [0.717, 1.165) is 23.1 Å². The Hall–Kier alpha value is -1.69. The highest BCUT2D eigenvalue weighted by Gasteiger charge is 2.25. The molecule has 2 heterocycles. The molecule has 0 bridgehead atoms. The SMILES string of the molecule is CC(C)CC(Nc1ncnc2sc3c(c12)CCC(C)C3)C(=O)O. The quantitative estimate of drug-likeness (QED) is 0.872. The van der Waals surface area contributed by atoms with Gasteiger partial charge in [-0.05, 0) is 43.1 Å². The smallest absolute Gasteiger partial charge is 0.326 e. The van der Waals surface area contributed by atoms with Crippen molar-refractivity contribution in [1.29, 1.82) is 0 Å². The lowest BCUT2D eigenvalue weighted by atomic mass is 9.89. The van der Waals surface area contributed by atoms with Crippen molar-refractivity contribution in [2.75, 3.05) is 5.32 Å². The van der Waals surface area contributed by atoms with Gasteiger partial charge >= 0.3 is 5.97 Å². The van der Waals surface area contributed by atoms with E-state index < -0.39 is 12.0 Å². The van der Waals surface area contributed by atoms with Crippen LogP contribution in [0.5, 0.6) is 0 Å². The summed E-state index contributed by atoms with van der Waals surface area (Å²) in [4.78, 5) is 22.7. The van der Waals surface area contributed by atoms with Crippen LogP contribution in [0.1, 0.15) is 44.1 Å². The van der Waals surface area contributed by atoms with Gasteiger partial charge in [0, 0.05) is 4.88 Å². The van der Waals surface area contributed by atoms with Crippen LogP contribution >= 0.6 is 11.3 Å². The minimum absolute atomic E-state index is 0.304. The van der Waals surface area contributed by atoms with Crippen molar-refractivity contribution in [3.05, 3.63) is 16.8 Å². The third-order valence-corrected chi connectivity index (χ3v) is 5.57. The standard InChI is InChI=1S/C17H23N3O2S/c1-9(2)6-12(17(21)22)20-15-14-11-5-4-10(3)7-13(11)23-16(14)19-8-18-15/h8-10,12H,4-7H2,1-3H3,(H,21,22)(H,18,19,20). The van der Waals surface area contributed by atoms with Crippen LogP contribution in [0.2, 0.25) is 0 Å². The first-order valence-corrected chi connectivity index (χ1v) is 9.02. The average molecular weight is 333 g/mol. The van der Waals surface area contributed by atoms with Crippen LogP contribution < -0.4 is 5.32 Å². The lowest BCUT2D eigenvalue weighted by molar-refractivity contribution is -0.138. The topological polar surface area (TPSA) is 75.1 Å². The van der Waals surface area contributed by atoms with Gasteiger partial charge < -0.3 is 10.4 Å². The van der Waals surface area contributed by atoms with Crippen LogP contribution in [0, 0.1) is 11.8 Å². The number of carboxylic acids is 1. The van der Waals surface area contributed by atoms with Crippen molar-refractivity contribution in [3.8, 4) is 0 Å². The minimum atomic E-state index is -0.830. The molecule has 5 nitrogen and oxygen atoms in total. The molecular weight excluding hydrogens is 310 g/mol. The molecule has 0 amide bonds. The van der Waals surface area contributed by atoms with Crippen molar-refractivity contribution < 1.29 is 9.90 Å². The number of aryl methyl sites for hydroxylation is 1. The molecular formula is C17H23N3O2S. The van der Waals surface area contributed by atoms with E-state index in [9.17, 15) is 9.90 Å². The number of anilines is 1. The second kappa shape index (κ2) is 6.43. The van der Waals surface area contributed by atoms with Gasteiger partial charge in [0.15, 0.2) is 0 Å². The van der Waals surface area contributed by atoms with Crippen molar-refractivity contribution >= 4 is 33.3 Å². The van der Waals surface area contributed by atoms with E-state index in [1.54, 1.807) is 11.3 Å². The maximum absolute atomic E-state index is 11.5. The molecule has 2 atom stereocenters. The summed E-state index contributed by atoms with van der Waals surface area (Å²) < 4.78 is 0. The number of carbonyl (C=O) groups is 1. The van der Waals surface area contributed by atoms with Crippen LogP contribution in [0.4, 0.5) is 5.82 Å². The van der Waals surface area contributed by atoms with Gasteiger partial charge in [0.2, 0.25) is 0 Å². The van der Waals surface area contributed by atoms with Gasteiger partial charge in [-0.25, -0.2) is 14.8 Å². The Balaban J connectivity index is 1.99. The zero-order valence-corrected chi connectivity index (χ0v) is 14.6. The molecule has 3 rings (SSSR count). The second-order valence-electron chi connectivity index (χ2n) is 6.92. The molecule has 1 aliphatic carbocycles. The Kier molecular flexibility index (Phi) is 4.53. The fraction of sp³-hybridized carbons (Fsp3) is 0.588. The molecule has 0 aliphatic heterocycles. The Morgan fingerprint density at radius 3 is 2.96 bits per heavy atom. The Morgan fingerprint density at radius 1 is 1.48 bits per heavy atom. The van der Waals surface area contributed by atoms with Crippen molar-refractivity contribution in [3.63, 3.8) is 0 Å². The summed E-state index contributed by atoms with van der Waals surface area (Å²) in [5.41, 5.74) is 1.32. The average Bonchev–Trinajstić information content (AvgIpc) is 2.84. The van der Waals surface area contributed by atoms with E-state index in [1.165, 1.54) is 23.2 Å². The molecule has 2 N–H and O–H groups in total. The molecule has 0 spiro atoms. The molecule has 124 valence electrons. The van der Waals surface area contributed by atoms with Crippen LogP contribution in [-0.2, 0) is 17.6 Å². The third kappa shape index (κ3) is 3.32. The first-order chi connectivity index (χ1) is 11.0. The van der Waals surface area contributed by atoms with Gasteiger partial charge in [-0.1, -0.05) is 20.8 Å². The maximum Gasteiger partial charge on any atom is 0.326 e. The number of rotatable bonds is 5. The summed E-state index contributed by atoms with van der Waals surface area (Å²) in [6.45, 7) is 6.34. The molecule has 0 aromatic carbocycles. The van der Waals surface area contributed by atoms with Crippen LogP contribution in [-0.4, -0.2) is 27.1 Å². The summed E-state index contributed by atoms with van der Waals surface area (Å²) in [6.07, 6.45) is 5.39. The first-order valence-electron chi connectivity index (χ1n) is 8.20. The number of fused-ring (bicyclic) bond motifs is 3. The van der Waals surface area contributed by atoms with Gasteiger partial charge in [-0.3, -0.25) is 0 Å². The van der Waals surface area contributed by atoms with Crippen molar-refractivity contribution in [2.24, 2.45) is 11.8 Å². The molecule has 2 aromatic heterocycles. The van der Waals surface area contributed by atoms with Gasteiger partial charge in [0.25, 0.3) is 0 Å². The second-order valence-corrected chi connectivity index (χ2v) is 8.00. The van der Waals surface area contributed by atoms with Crippen molar-refractivity contribution in [2.45, 2.75) is 52.5 Å². The number of nitrogens with one attached hydrogen (secondary N) is 1. The van der Waals surface area contributed by atoms with Gasteiger partial charge in [-0.15, -0.1) is 11.3 Å². The van der Waals surface area contributed by atoms with E-state index in [0.29, 0.717) is 24.1 Å². The summed E-state index contributed by atoms with van der Waals surface area (Å²) in [6, 6.07) is -0.619. The van der Waals surface area contributed by atoms with E-state index in [2.05, 4.69) is 22.2 Å². The molecule has 2 unspecified atom stereocenters. The molecule has 6 heteroatoms. The number of carboxylic acid groups (broad SMARTS) is 1. The monoisotopic (exact) mass is 333 g/mol. The Labute approximate surface area is 140 Å². The molecule has 23 heavy (non-hydrogen) atoms. The molecule has 0 saturated carbocycles. The van der Waals surface area contributed by atoms with Gasteiger partial charge in [0.05, 0.1) is 5.39 Å². The summed E-state index contributed by atoms with van der Waals surface area (Å²) >= 11 is 1.73. The van der Waals surface area contributed by atoms with E-state index >= 15 is 0 Å². The van der Waals surface area contributed by atoms with Gasteiger partial charge in [-0.2, -0.15) is 0 Å². The third-order valence-electron chi connectivity index (χ3n) is 4.41. The number of thiophene rings is 1. The number of nitrogens with zero attached hydrogens (tertiary/aromatic N) is 2. The van der Waals surface area contributed by atoms with Gasteiger partial charge in [0.1, 0.15) is 23.0 Å². The Bertz CT molecular complexity index is 726. The highest BCUT2D eigenvalue weighted by Crippen LogP contribution is 2.39. The number of aliphatic carboxylic acids is 1. The fourth-order valence-electron chi connectivity index (χ4n) is 3.24.